The molecule has 0 radical (unpaired) electrons. The van der Waals surface area contributed by atoms with Gasteiger partial charge in [-0.25, -0.2) is 9.07 Å². The number of phenolic OH excluding ortho intramolecular Hbond substituents is 1. The molecule has 33 heavy (non-hydrogen) atoms. The van der Waals surface area contributed by atoms with Gasteiger partial charge in [-0.1, -0.05) is 23.4 Å². The van der Waals surface area contributed by atoms with Gasteiger partial charge in [0.25, 0.3) is 0 Å². The summed E-state index contributed by atoms with van der Waals surface area (Å²) in [4.78, 5) is 12.6. The van der Waals surface area contributed by atoms with E-state index in [1.54, 1.807) is 42.6 Å². The van der Waals surface area contributed by atoms with Gasteiger partial charge in [-0.3, -0.25) is 4.79 Å². The molecule has 3 N–H and O–H groups in total. The lowest BCUT2D eigenvalue weighted by atomic mass is 9.98. The number of carbonyl (C=O) groups is 1. The Labute approximate surface area is 190 Å². The van der Waals surface area contributed by atoms with E-state index < -0.39 is 11.9 Å². The van der Waals surface area contributed by atoms with E-state index in [0.29, 0.717) is 34.5 Å². The Balaban J connectivity index is 1.27. The Morgan fingerprint density at radius 3 is 2.88 bits per heavy atom. The summed E-state index contributed by atoms with van der Waals surface area (Å²) >= 11 is 0. The van der Waals surface area contributed by atoms with E-state index >= 15 is 0 Å². The molecule has 1 amide bonds. The van der Waals surface area contributed by atoms with Gasteiger partial charge in [-0.05, 0) is 55.0 Å². The molecule has 8 nitrogen and oxygen atoms in total. The van der Waals surface area contributed by atoms with Gasteiger partial charge in [-0.15, -0.1) is 5.10 Å². The van der Waals surface area contributed by atoms with Crippen LogP contribution in [0.1, 0.15) is 24.8 Å². The first-order valence-electron chi connectivity index (χ1n) is 11.0. The zero-order chi connectivity index (χ0) is 22.9. The molecule has 2 heterocycles. The van der Waals surface area contributed by atoms with Crippen molar-refractivity contribution in [3.63, 3.8) is 0 Å². The second kappa shape index (κ2) is 8.64. The lowest BCUT2D eigenvalue weighted by molar-refractivity contribution is -0.124. The average molecular weight is 446 g/mol. The predicted octanol–water partition coefficient (Wildman–Crippen LogP) is 2.47. The molecule has 168 valence electrons. The number of amides is 1. The molecule has 1 aliphatic heterocycles. The molecular formula is C24H23FN6O2. The number of phenols is 1. The zero-order valence-electron chi connectivity index (χ0n) is 17.8. The molecular weight excluding hydrogens is 423 g/mol. The highest BCUT2D eigenvalue weighted by Crippen LogP contribution is 2.35. The third-order valence-corrected chi connectivity index (χ3v) is 6.51. The topological polar surface area (TPSA) is 116 Å². The molecule has 4 atom stereocenters. The first-order chi connectivity index (χ1) is 16.0. The van der Waals surface area contributed by atoms with Crippen molar-refractivity contribution in [2.75, 3.05) is 0 Å². The number of halogens is 1. The van der Waals surface area contributed by atoms with Crippen LogP contribution >= 0.6 is 0 Å². The van der Waals surface area contributed by atoms with Gasteiger partial charge in [0.2, 0.25) is 5.91 Å². The van der Waals surface area contributed by atoms with Crippen LogP contribution in [0.15, 0.2) is 48.7 Å². The number of para-hydroxylation sites is 1. The monoisotopic (exact) mass is 446 g/mol. The molecule has 5 rings (SSSR count). The van der Waals surface area contributed by atoms with Crippen molar-refractivity contribution in [1.29, 1.82) is 5.26 Å². The maximum atomic E-state index is 14.9. The third-order valence-electron chi connectivity index (χ3n) is 6.51. The van der Waals surface area contributed by atoms with Crippen molar-refractivity contribution in [2.24, 2.45) is 5.92 Å². The van der Waals surface area contributed by atoms with Gasteiger partial charge in [0.15, 0.2) is 0 Å². The number of aromatic hydroxyl groups is 1. The molecule has 3 aromatic rings. The lowest BCUT2D eigenvalue weighted by Gasteiger charge is -2.23. The fraction of sp³-hybridized carbons (Fsp3) is 0.333. The molecule has 0 unspecified atom stereocenters. The standard InChI is InChI=1S/C24H23FN6O2/c25-20-11-18(31-13-21(29-30-31)19-3-1-2-4-22(19)32)8-6-14(20)9-17(12-26)28-24(33)23-15-5-7-16(10-15)27-23/h1-4,6,8,11,13,15-17,23,27,32H,5,7,9-10H2,(H,28,33)/t15-,16+,17-,23-/m0/s1. The van der Waals surface area contributed by atoms with E-state index in [0.717, 1.165) is 19.3 Å². The van der Waals surface area contributed by atoms with Crippen LogP contribution in [0.5, 0.6) is 5.75 Å². The fourth-order valence-electron chi connectivity index (χ4n) is 4.81. The van der Waals surface area contributed by atoms with Crippen molar-refractivity contribution in [3.05, 3.63) is 60.0 Å². The number of carbonyl (C=O) groups excluding carboxylic acids is 1. The number of hydrogen-bond acceptors (Lipinski definition) is 6. The third kappa shape index (κ3) is 4.17. The van der Waals surface area contributed by atoms with E-state index in [-0.39, 0.29) is 24.1 Å². The van der Waals surface area contributed by atoms with Gasteiger partial charge >= 0.3 is 0 Å². The highest BCUT2D eigenvalue weighted by molar-refractivity contribution is 5.83. The van der Waals surface area contributed by atoms with Crippen LogP contribution in [0.3, 0.4) is 0 Å². The van der Waals surface area contributed by atoms with Crippen molar-refractivity contribution in [3.8, 4) is 28.8 Å². The van der Waals surface area contributed by atoms with Crippen molar-refractivity contribution in [1.82, 2.24) is 25.6 Å². The van der Waals surface area contributed by atoms with Gasteiger partial charge in [-0.2, -0.15) is 5.26 Å². The number of nitrogens with zero attached hydrogens (tertiary/aromatic N) is 4. The van der Waals surface area contributed by atoms with Crippen molar-refractivity contribution < 1.29 is 14.3 Å². The van der Waals surface area contributed by atoms with Crippen LogP contribution in [0.25, 0.3) is 16.9 Å². The summed E-state index contributed by atoms with van der Waals surface area (Å²) in [6.07, 6.45) is 4.78. The summed E-state index contributed by atoms with van der Waals surface area (Å²) in [5, 5.41) is 33.7. The van der Waals surface area contributed by atoms with E-state index in [1.807, 2.05) is 0 Å². The highest BCUT2D eigenvalue weighted by atomic mass is 19.1. The van der Waals surface area contributed by atoms with Gasteiger partial charge in [0.05, 0.1) is 24.0 Å². The summed E-state index contributed by atoms with van der Waals surface area (Å²) in [6, 6.07) is 12.7. The Morgan fingerprint density at radius 2 is 2.18 bits per heavy atom. The normalized spacial score (nSPS) is 22.1. The maximum Gasteiger partial charge on any atom is 0.238 e. The molecule has 1 aliphatic carbocycles. The second-order valence-electron chi connectivity index (χ2n) is 8.65. The van der Waals surface area contributed by atoms with E-state index in [4.69, 9.17) is 0 Å². The van der Waals surface area contributed by atoms with Crippen LogP contribution in [0.2, 0.25) is 0 Å². The fourth-order valence-corrected chi connectivity index (χ4v) is 4.81. The largest absolute Gasteiger partial charge is 0.507 e. The number of aromatic nitrogens is 3. The average Bonchev–Trinajstić information content (AvgIpc) is 3.57. The van der Waals surface area contributed by atoms with Gasteiger partial charge in [0.1, 0.15) is 23.3 Å². The van der Waals surface area contributed by atoms with Crippen molar-refractivity contribution >= 4 is 5.91 Å². The molecule has 9 heteroatoms. The van der Waals surface area contributed by atoms with E-state index in [9.17, 15) is 19.6 Å². The smallest absolute Gasteiger partial charge is 0.238 e. The lowest BCUT2D eigenvalue weighted by Crippen LogP contribution is -2.50. The summed E-state index contributed by atoms with van der Waals surface area (Å²) in [5.74, 6) is -0.295. The quantitative estimate of drug-likeness (QED) is 0.536. The number of hydrogen-bond donors (Lipinski definition) is 3. The Hall–Kier alpha value is -3.77. The van der Waals surface area contributed by atoms with E-state index in [2.05, 4.69) is 27.0 Å². The summed E-state index contributed by atoms with van der Waals surface area (Å²) < 4.78 is 16.3. The second-order valence-corrected chi connectivity index (χ2v) is 8.65. The minimum Gasteiger partial charge on any atom is -0.507 e. The number of rotatable bonds is 6. The minimum absolute atomic E-state index is 0.0651. The van der Waals surface area contributed by atoms with Crippen LogP contribution in [-0.4, -0.2) is 44.1 Å². The van der Waals surface area contributed by atoms with Crippen molar-refractivity contribution in [2.45, 2.75) is 43.8 Å². The number of nitrogens with one attached hydrogen (secondary N) is 2. The number of piperidine rings is 1. The molecule has 2 aliphatic rings. The predicted molar refractivity (Wildman–Crippen MR) is 118 cm³/mol. The zero-order valence-corrected chi connectivity index (χ0v) is 17.8. The van der Waals surface area contributed by atoms with Crippen LogP contribution in [0, 0.1) is 23.1 Å². The first kappa shape index (κ1) is 21.1. The summed E-state index contributed by atoms with van der Waals surface area (Å²) in [5.41, 5.74) is 1.76. The van der Waals surface area contributed by atoms with E-state index in [1.165, 1.54) is 10.7 Å². The number of fused-ring (bicyclic) bond motifs is 2. The molecule has 1 aromatic heterocycles. The Kier molecular flexibility index (Phi) is 5.52. The van der Waals surface area contributed by atoms with Crippen LogP contribution in [-0.2, 0) is 11.2 Å². The SMILES string of the molecule is N#C[C@H](Cc1ccc(-n2cc(-c3ccccc3O)nn2)cc1F)NC(=O)[C@H]1N[C@@H]2CC[C@H]1C2. The van der Waals surface area contributed by atoms with Crippen LogP contribution < -0.4 is 10.6 Å². The number of nitriles is 1. The van der Waals surface area contributed by atoms with Gasteiger partial charge < -0.3 is 15.7 Å². The van der Waals surface area contributed by atoms with Gasteiger partial charge in [0, 0.05) is 18.0 Å². The molecule has 0 spiro atoms. The van der Waals surface area contributed by atoms with Crippen LogP contribution in [0.4, 0.5) is 4.39 Å². The molecule has 1 saturated carbocycles. The summed E-state index contributed by atoms with van der Waals surface area (Å²) in [7, 11) is 0. The Morgan fingerprint density at radius 1 is 1.33 bits per heavy atom. The Bertz CT molecular complexity index is 1240. The summed E-state index contributed by atoms with van der Waals surface area (Å²) in [6.45, 7) is 0. The highest BCUT2D eigenvalue weighted by Gasteiger charge is 2.43. The minimum atomic E-state index is -0.821. The first-order valence-corrected chi connectivity index (χ1v) is 11.0. The molecule has 2 fully saturated rings. The molecule has 2 bridgehead atoms. The molecule has 1 saturated heterocycles. The molecule has 2 aromatic carbocycles. The maximum absolute atomic E-state index is 14.9. The number of benzene rings is 2.